The van der Waals surface area contributed by atoms with Crippen LogP contribution in [0.25, 0.3) is 17.4 Å². The SMILES string of the molecule is CC(C)c1ccc(-c2ccc(/C=C3/C(=N)N4N=C(C(F)(F)F)SC4=NC3=O)o2)c([N+](=O)[O-])c1. The van der Waals surface area contributed by atoms with E-state index in [4.69, 9.17) is 9.83 Å². The largest absolute Gasteiger partial charge is 0.456 e. The van der Waals surface area contributed by atoms with Crippen LogP contribution >= 0.6 is 11.8 Å². The summed E-state index contributed by atoms with van der Waals surface area (Å²) in [5, 5.41) is 22.0. The fourth-order valence-electron chi connectivity index (χ4n) is 3.09. The van der Waals surface area contributed by atoms with Crippen LogP contribution in [0, 0.1) is 15.5 Å². The number of amidine groups is 2. The number of nitro groups is 1. The van der Waals surface area contributed by atoms with Crippen molar-refractivity contribution in [2.24, 2.45) is 10.1 Å². The number of nitrogens with one attached hydrogen (secondary N) is 1. The Morgan fingerprint density at radius 2 is 2.00 bits per heavy atom. The predicted octanol–water partition coefficient (Wildman–Crippen LogP) is 5.16. The third-order valence-electron chi connectivity index (χ3n) is 4.76. The Labute approximate surface area is 188 Å². The number of hydrazone groups is 1. The van der Waals surface area contributed by atoms with Crippen molar-refractivity contribution in [2.75, 3.05) is 0 Å². The van der Waals surface area contributed by atoms with Crippen molar-refractivity contribution in [3.05, 3.63) is 57.3 Å². The van der Waals surface area contributed by atoms with Crippen molar-refractivity contribution in [3.63, 3.8) is 0 Å². The van der Waals surface area contributed by atoms with E-state index in [0.29, 0.717) is 5.01 Å². The number of fused-ring (bicyclic) bond motifs is 1. The monoisotopic (exact) mass is 477 g/mol. The van der Waals surface area contributed by atoms with Crippen molar-refractivity contribution in [2.45, 2.75) is 25.9 Å². The average Bonchev–Trinajstić information content (AvgIpc) is 3.37. The predicted molar refractivity (Wildman–Crippen MR) is 116 cm³/mol. The number of alkyl halides is 3. The van der Waals surface area contributed by atoms with Gasteiger partial charge in [-0.25, -0.2) is 0 Å². The molecule has 170 valence electrons. The van der Waals surface area contributed by atoms with Crippen molar-refractivity contribution in [3.8, 4) is 11.3 Å². The van der Waals surface area contributed by atoms with E-state index in [1.54, 1.807) is 12.1 Å². The molecule has 0 unspecified atom stereocenters. The van der Waals surface area contributed by atoms with Gasteiger partial charge >= 0.3 is 6.18 Å². The molecule has 2 aliphatic heterocycles. The Kier molecular flexibility index (Phi) is 5.44. The van der Waals surface area contributed by atoms with Crippen molar-refractivity contribution in [1.29, 1.82) is 5.41 Å². The van der Waals surface area contributed by atoms with Crippen LogP contribution in [0.15, 0.2) is 50.4 Å². The normalized spacial score (nSPS) is 17.5. The molecule has 2 aliphatic rings. The van der Waals surface area contributed by atoms with E-state index in [-0.39, 0.29) is 51.2 Å². The first kappa shape index (κ1) is 22.5. The summed E-state index contributed by atoms with van der Waals surface area (Å²) in [6, 6.07) is 7.64. The van der Waals surface area contributed by atoms with E-state index >= 15 is 0 Å². The summed E-state index contributed by atoms with van der Waals surface area (Å²) in [4.78, 5) is 26.9. The fourth-order valence-corrected chi connectivity index (χ4v) is 3.85. The molecule has 1 aromatic heterocycles. The molecule has 9 nitrogen and oxygen atoms in total. The minimum atomic E-state index is -4.74. The van der Waals surface area contributed by atoms with Crippen LogP contribution in [0.2, 0.25) is 0 Å². The highest BCUT2D eigenvalue weighted by molar-refractivity contribution is 8.27. The first-order valence-corrected chi connectivity index (χ1v) is 10.2. The number of nitro benzene ring substituents is 1. The maximum Gasteiger partial charge on any atom is 0.441 e. The number of carbonyl (C=O) groups is 1. The molecule has 1 aromatic carbocycles. The van der Waals surface area contributed by atoms with E-state index in [2.05, 4.69) is 10.1 Å². The van der Waals surface area contributed by atoms with Gasteiger partial charge < -0.3 is 4.42 Å². The molecule has 0 spiro atoms. The second-order valence-electron chi connectivity index (χ2n) is 7.31. The van der Waals surface area contributed by atoms with Gasteiger partial charge in [0, 0.05) is 6.07 Å². The minimum absolute atomic E-state index is 0.0610. The molecular weight excluding hydrogens is 463 g/mol. The third-order valence-corrected chi connectivity index (χ3v) is 5.71. The van der Waals surface area contributed by atoms with Gasteiger partial charge in [0.2, 0.25) is 10.2 Å². The molecule has 4 rings (SSSR count). The number of furan rings is 1. The van der Waals surface area contributed by atoms with E-state index in [0.717, 1.165) is 11.6 Å². The topological polar surface area (TPSA) is 125 Å². The quantitative estimate of drug-likeness (QED) is 0.368. The van der Waals surface area contributed by atoms with Gasteiger partial charge in [-0.15, -0.1) is 0 Å². The second-order valence-corrected chi connectivity index (χ2v) is 8.27. The molecule has 2 aromatic rings. The molecule has 0 aliphatic carbocycles. The highest BCUT2D eigenvalue weighted by atomic mass is 32.2. The number of rotatable bonds is 4. The Bertz CT molecular complexity index is 1290. The first-order valence-electron chi connectivity index (χ1n) is 9.41. The number of benzene rings is 1. The summed E-state index contributed by atoms with van der Waals surface area (Å²) < 4.78 is 44.4. The molecule has 33 heavy (non-hydrogen) atoms. The number of carbonyl (C=O) groups excluding carboxylic acids is 1. The van der Waals surface area contributed by atoms with Crippen molar-refractivity contribution in [1.82, 2.24) is 5.01 Å². The second kappa shape index (κ2) is 7.99. The fraction of sp³-hybridized carbons (Fsp3) is 0.200. The zero-order chi connectivity index (χ0) is 24.1. The molecule has 0 atom stereocenters. The number of aliphatic imine (C=N–C) groups is 1. The van der Waals surface area contributed by atoms with Crippen LogP contribution in [0.1, 0.15) is 31.1 Å². The lowest BCUT2D eigenvalue weighted by atomic mass is 9.99. The van der Waals surface area contributed by atoms with Gasteiger partial charge in [0.15, 0.2) is 5.84 Å². The first-order chi connectivity index (χ1) is 15.5. The molecule has 1 N–H and O–H groups in total. The van der Waals surface area contributed by atoms with Gasteiger partial charge in [-0.05, 0) is 47.5 Å². The highest BCUT2D eigenvalue weighted by Crippen LogP contribution is 2.37. The lowest BCUT2D eigenvalue weighted by Crippen LogP contribution is -2.35. The zero-order valence-corrected chi connectivity index (χ0v) is 17.8. The summed E-state index contributed by atoms with van der Waals surface area (Å²) in [7, 11) is 0. The summed E-state index contributed by atoms with van der Waals surface area (Å²) in [6.45, 7) is 3.81. The van der Waals surface area contributed by atoms with Crippen LogP contribution in [0.3, 0.4) is 0 Å². The van der Waals surface area contributed by atoms with Crippen molar-refractivity contribution >= 4 is 45.5 Å². The number of hydrogen-bond acceptors (Lipinski definition) is 7. The van der Waals surface area contributed by atoms with Crippen LogP contribution in [0.4, 0.5) is 18.9 Å². The molecule has 3 heterocycles. The number of thioether (sulfide) groups is 1. The molecule has 0 saturated heterocycles. The molecule has 1 amide bonds. The molecule has 0 fully saturated rings. The van der Waals surface area contributed by atoms with E-state index in [1.807, 2.05) is 13.8 Å². The van der Waals surface area contributed by atoms with Gasteiger partial charge in [-0.3, -0.25) is 20.3 Å². The minimum Gasteiger partial charge on any atom is -0.456 e. The number of nitrogens with zero attached hydrogens (tertiary/aromatic N) is 4. The lowest BCUT2D eigenvalue weighted by molar-refractivity contribution is -0.384. The summed E-state index contributed by atoms with van der Waals surface area (Å²) in [5.41, 5.74) is 0.497. The van der Waals surface area contributed by atoms with Crippen LogP contribution in [0.5, 0.6) is 0 Å². The number of halogens is 3. The maximum absolute atomic E-state index is 12.9. The molecule has 0 radical (unpaired) electrons. The highest BCUT2D eigenvalue weighted by Gasteiger charge is 2.46. The summed E-state index contributed by atoms with van der Waals surface area (Å²) in [6.07, 6.45) is -3.61. The van der Waals surface area contributed by atoms with Gasteiger partial charge in [0.25, 0.3) is 11.6 Å². The van der Waals surface area contributed by atoms with Crippen LogP contribution in [-0.4, -0.2) is 38.1 Å². The van der Waals surface area contributed by atoms with Gasteiger partial charge in [-0.1, -0.05) is 19.9 Å². The summed E-state index contributed by atoms with van der Waals surface area (Å²) >= 11 is 0.151. The summed E-state index contributed by atoms with van der Waals surface area (Å²) in [5.74, 6) is -1.24. The number of hydrogen-bond donors (Lipinski definition) is 1. The van der Waals surface area contributed by atoms with Gasteiger partial charge in [0.1, 0.15) is 11.5 Å². The third kappa shape index (κ3) is 4.18. The Morgan fingerprint density at radius 1 is 1.27 bits per heavy atom. The Morgan fingerprint density at radius 3 is 2.64 bits per heavy atom. The van der Waals surface area contributed by atoms with Crippen molar-refractivity contribution < 1.29 is 27.3 Å². The molecule has 0 bridgehead atoms. The van der Waals surface area contributed by atoms with E-state index in [1.165, 1.54) is 18.2 Å². The Balaban J connectivity index is 1.68. The maximum atomic E-state index is 12.9. The van der Waals surface area contributed by atoms with Crippen LogP contribution < -0.4 is 0 Å². The number of amides is 1. The molecule has 0 saturated carbocycles. The van der Waals surface area contributed by atoms with Crippen LogP contribution in [-0.2, 0) is 4.79 Å². The van der Waals surface area contributed by atoms with E-state index < -0.39 is 27.9 Å². The average molecular weight is 477 g/mol. The van der Waals surface area contributed by atoms with E-state index in [9.17, 15) is 28.1 Å². The zero-order valence-electron chi connectivity index (χ0n) is 17.0. The lowest BCUT2D eigenvalue weighted by Gasteiger charge is -2.19. The van der Waals surface area contributed by atoms with Gasteiger partial charge in [0.05, 0.1) is 16.1 Å². The smallest absolute Gasteiger partial charge is 0.441 e. The Hall–Kier alpha value is -3.74. The molecule has 13 heteroatoms. The standard InChI is InChI=1S/C20H14F3N5O4S/c1-9(2)10-3-5-12(14(7-10)28(30)31)15-6-4-11(32-15)8-13-16(24)27-19(25-17(13)29)33-18(26-27)20(21,22)23/h3-9,24H,1-2H3/b13-8-,24-16?. The molecular formula is C20H14F3N5O4S. The van der Waals surface area contributed by atoms with Gasteiger partial charge in [-0.2, -0.15) is 28.3 Å².